The average molecular weight is 331 g/mol. The quantitative estimate of drug-likeness (QED) is 0.814. The maximum atomic E-state index is 12.5. The molecule has 8 nitrogen and oxygen atoms in total. The minimum atomic E-state index is -3.89. The lowest BCUT2D eigenvalue weighted by Crippen LogP contribution is -2.40. The number of carbonyl (C=O) groups is 2. The zero-order valence-electron chi connectivity index (χ0n) is 12.2. The molecule has 0 saturated carbocycles. The van der Waals surface area contributed by atoms with Crippen LogP contribution in [0.1, 0.15) is 29.0 Å². The number of piperidine rings is 1. The van der Waals surface area contributed by atoms with Crippen molar-refractivity contribution in [2.75, 3.05) is 20.2 Å². The van der Waals surface area contributed by atoms with Crippen molar-refractivity contribution >= 4 is 22.0 Å². The van der Waals surface area contributed by atoms with Gasteiger partial charge in [0.2, 0.25) is 5.09 Å². The van der Waals surface area contributed by atoms with E-state index in [9.17, 15) is 18.0 Å². The number of carboxylic acids is 1. The topological polar surface area (TPSA) is 114 Å². The Labute approximate surface area is 127 Å². The highest BCUT2D eigenvalue weighted by molar-refractivity contribution is 7.89. The van der Waals surface area contributed by atoms with Gasteiger partial charge in [-0.2, -0.15) is 4.31 Å². The first kappa shape index (κ1) is 16.5. The fourth-order valence-electron chi connectivity index (χ4n) is 2.36. The van der Waals surface area contributed by atoms with Crippen molar-refractivity contribution in [1.29, 1.82) is 0 Å². The lowest BCUT2D eigenvalue weighted by Gasteiger charge is -2.28. The Morgan fingerprint density at radius 2 is 1.95 bits per heavy atom. The van der Waals surface area contributed by atoms with E-state index in [0.717, 1.165) is 6.07 Å². The minimum absolute atomic E-state index is 0.0569. The van der Waals surface area contributed by atoms with E-state index in [0.29, 0.717) is 0 Å². The molecule has 22 heavy (non-hydrogen) atoms. The van der Waals surface area contributed by atoms with Crippen LogP contribution in [0.3, 0.4) is 0 Å². The molecule has 0 unspecified atom stereocenters. The molecular weight excluding hydrogens is 314 g/mol. The number of rotatable bonds is 4. The van der Waals surface area contributed by atoms with Crippen LogP contribution in [0.2, 0.25) is 0 Å². The van der Waals surface area contributed by atoms with E-state index >= 15 is 0 Å². The third-order valence-corrected chi connectivity index (χ3v) is 5.45. The highest BCUT2D eigenvalue weighted by Crippen LogP contribution is 2.27. The predicted molar refractivity (Wildman–Crippen MR) is 73.9 cm³/mol. The molecule has 0 atom stereocenters. The van der Waals surface area contributed by atoms with Crippen LogP contribution in [0.15, 0.2) is 15.6 Å². The van der Waals surface area contributed by atoms with Crippen LogP contribution in [-0.2, 0) is 19.6 Å². The molecule has 1 saturated heterocycles. The molecule has 1 fully saturated rings. The molecule has 1 aliphatic heterocycles. The van der Waals surface area contributed by atoms with E-state index in [2.05, 4.69) is 4.74 Å². The van der Waals surface area contributed by atoms with Gasteiger partial charge in [-0.1, -0.05) is 0 Å². The minimum Gasteiger partial charge on any atom is -0.481 e. The third kappa shape index (κ3) is 3.00. The number of sulfonamides is 1. The average Bonchev–Trinajstić information content (AvgIpc) is 2.89. The van der Waals surface area contributed by atoms with E-state index in [1.807, 2.05) is 0 Å². The van der Waals surface area contributed by atoms with Crippen LogP contribution < -0.4 is 0 Å². The van der Waals surface area contributed by atoms with Crippen molar-refractivity contribution in [1.82, 2.24) is 4.31 Å². The number of esters is 1. The molecule has 0 aliphatic carbocycles. The van der Waals surface area contributed by atoms with Crippen LogP contribution in [0.25, 0.3) is 0 Å². The van der Waals surface area contributed by atoms with E-state index in [1.165, 1.54) is 18.3 Å². The standard InChI is InChI=1S/C13H17NO7S/c1-8-10(13(17)20-2)7-11(21-8)22(18,19)14-5-3-9(4-6-14)12(15)16/h7,9H,3-6H2,1-2H3,(H,15,16). The van der Waals surface area contributed by atoms with Crippen LogP contribution in [0.4, 0.5) is 0 Å². The Morgan fingerprint density at radius 3 is 2.45 bits per heavy atom. The van der Waals surface area contributed by atoms with Gasteiger partial charge >= 0.3 is 11.9 Å². The molecule has 0 bridgehead atoms. The lowest BCUT2D eigenvalue weighted by molar-refractivity contribution is -0.142. The number of nitrogens with zero attached hydrogens (tertiary/aromatic N) is 1. The highest BCUT2D eigenvalue weighted by atomic mass is 32.2. The first-order valence-electron chi connectivity index (χ1n) is 6.69. The number of carboxylic acid groups (broad SMARTS) is 1. The lowest BCUT2D eigenvalue weighted by atomic mass is 9.99. The summed E-state index contributed by atoms with van der Waals surface area (Å²) in [5.41, 5.74) is 0.0569. The van der Waals surface area contributed by atoms with Crippen LogP contribution in [0.5, 0.6) is 0 Å². The Bertz CT molecular complexity index is 683. The van der Waals surface area contributed by atoms with E-state index in [1.54, 1.807) is 0 Å². The molecule has 1 aromatic rings. The Morgan fingerprint density at radius 1 is 1.36 bits per heavy atom. The summed E-state index contributed by atoms with van der Waals surface area (Å²) in [6.07, 6.45) is 0.496. The smallest absolute Gasteiger partial charge is 0.341 e. The number of furan rings is 1. The maximum absolute atomic E-state index is 12.5. The number of hydrogen-bond acceptors (Lipinski definition) is 6. The second-order valence-electron chi connectivity index (χ2n) is 5.04. The van der Waals surface area contributed by atoms with Gasteiger partial charge in [0, 0.05) is 19.2 Å². The van der Waals surface area contributed by atoms with Crippen LogP contribution >= 0.6 is 0 Å². The first-order valence-corrected chi connectivity index (χ1v) is 8.13. The van der Waals surface area contributed by atoms with Gasteiger partial charge in [-0.3, -0.25) is 4.79 Å². The molecule has 0 radical (unpaired) electrons. The molecule has 1 N–H and O–H groups in total. The number of aliphatic carboxylic acids is 1. The SMILES string of the molecule is COC(=O)c1cc(S(=O)(=O)N2CCC(C(=O)O)CC2)oc1C. The summed E-state index contributed by atoms with van der Waals surface area (Å²) < 4.78 is 35.9. The first-order chi connectivity index (χ1) is 10.3. The Balaban J connectivity index is 2.21. The van der Waals surface area contributed by atoms with Gasteiger partial charge in [0.1, 0.15) is 11.3 Å². The van der Waals surface area contributed by atoms with Gasteiger partial charge < -0.3 is 14.3 Å². The second-order valence-corrected chi connectivity index (χ2v) is 6.91. The summed E-state index contributed by atoms with van der Waals surface area (Å²) >= 11 is 0. The summed E-state index contributed by atoms with van der Waals surface area (Å²) in [5.74, 6) is -1.97. The van der Waals surface area contributed by atoms with Crippen LogP contribution in [0, 0.1) is 12.8 Å². The molecule has 2 heterocycles. The van der Waals surface area contributed by atoms with Crippen molar-refractivity contribution in [3.8, 4) is 0 Å². The molecule has 2 rings (SSSR count). The van der Waals surface area contributed by atoms with Crippen LogP contribution in [-0.4, -0.2) is 50.0 Å². The van der Waals surface area contributed by atoms with Gasteiger partial charge in [-0.15, -0.1) is 0 Å². The van der Waals surface area contributed by atoms with Crippen molar-refractivity contribution in [3.05, 3.63) is 17.4 Å². The van der Waals surface area contributed by atoms with Gasteiger partial charge in [0.15, 0.2) is 0 Å². The maximum Gasteiger partial charge on any atom is 0.341 e. The molecular formula is C13H17NO7S. The van der Waals surface area contributed by atoms with Gasteiger partial charge in [0.25, 0.3) is 10.0 Å². The summed E-state index contributed by atoms with van der Waals surface area (Å²) in [6, 6.07) is 1.14. The zero-order chi connectivity index (χ0) is 16.5. The second kappa shape index (κ2) is 6.09. The Hall–Kier alpha value is -1.87. The summed E-state index contributed by atoms with van der Waals surface area (Å²) in [4.78, 5) is 22.4. The summed E-state index contributed by atoms with van der Waals surface area (Å²) in [7, 11) is -2.69. The van der Waals surface area contributed by atoms with Gasteiger partial charge in [-0.25, -0.2) is 13.2 Å². The molecule has 122 valence electrons. The largest absolute Gasteiger partial charge is 0.481 e. The monoisotopic (exact) mass is 331 g/mol. The third-order valence-electron chi connectivity index (χ3n) is 3.70. The van der Waals surface area contributed by atoms with E-state index in [4.69, 9.17) is 9.52 Å². The van der Waals surface area contributed by atoms with Gasteiger partial charge in [-0.05, 0) is 19.8 Å². The summed E-state index contributed by atoms with van der Waals surface area (Å²) in [6.45, 7) is 1.68. The fraction of sp³-hybridized carbons (Fsp3) is 0.538. The van der Waals surface area contributed by atoms with Crippen molar-refractivity contribution < 1.29 is 32.3 Å². The molecule has 0 amide bonds. The van der Waals surface area contributed by atoms with E-state index in [-0.39, 0.29) is 42.3 Å². The summed E-state index contributed by atoms with van der Waals surface area (Å²) in [5, 5.41) is 8.60. The van der Waals surface area contributed by atoms with E-state index < -0.39 is 27.9 Å². The zero-order valence-corrected chi connectivity index (χ0v) is 13.1. The van der Waals surface area contributed by atoms with Crippen molar-refractivity contribution in [2.45, 2.75) is 24.9 Å². The Kier molecular flexibility index (Phi) is 4.57. The number of carbonyl (C=O) groups excluding carboxylic acids is 1. The van der Waals surface area contributed by atoms with Gasteiger partial charge in [0.05, 0.1) is 13.0 Å². The predicted octanol–water partition coefficient (Wildman–Crippen LogP) is 0.860. The normalized spacial score (nSPS) is 17.4. The fourth-order valence-corrected chi connectivity index (χ4v) is 3.81. The molecule has 1 aromatic heterocycles. The number of ether oxygens (including phenoxy) is 1. The number of hydrogen-bond donors (Lipinski definition) is 1. The van der Waals surface area contributed by atoms with Crippen molar-refractivity contribution in [3.63, 3.8) is 0 Å². The molecule has 9 heteroatoms. The number of aryl methyl sites for hydroxylation is 1. The highest BCUT2D eigenvalue weighted by Gasteiger charge is 2.34. The molecule has 1 aliphatic rings. The number of methoxy groups -OCH3 is 1. The molecule has 0 spiro atoms. The van der Waals surface area contributed by atoms with Crippen molar-refractivity contribution in [2.24, 2.45) is 5.92 Å². The molecule has 0 aromatic carbocycles.